The van der Waals surface area contributed by atoms with Gasteiger partial charge in [-0.25, -0.2) is 4.98 Å². The molecule has 45 heavy (non-hydrogen) atoms. The van der Waals surface area contributed by atoms with Gasteiger partial charge in [-0.3, -0.25) is 0 Å². The van der Waals surface area contributed by atoms with Crippen molar-refractivity contribution in [3.05, 3.63) is 182 Å². The van der Waals surface area contributed by atoms with E-state index in [-0.39, 0.29) is 0 Å². The van der Waals surface area contributed by atoms with Gasteiger partial charge in [0.15, 0.2) is 0 Å². The fraction of sp³-hybridized carbons (Fsp3) is 0.0227. The molecule has 0 aliphatic heterocycles. The Bertz CT molecular complexity index is 2200. The molecule has 0 unspecified atom stereocenters. The maximum Gasteiger partial charge on any atom is 0.0715 e. The lowest BCUT2D eigenvalue weighted by molar-refractivity contribution is 1.27. The second-order valence-corrected chi connectivity index (χ2v) is 11.2. The number of aromatic nitrogens is 1. The van der Waals surface area contributed by atoms with Crippen LogP contribution in [0.2, 0.25) is 0 Å². The maximum atomic E-state index is 5.05. The second kappa shape index (κ2) is 12.4. The van der Waals surface area contributed by atoms with Crippen LogP contribution in [0.1, 0.15) is 12.6 Å². The van der Waals surface area contributed by atoms with Crippen molar-refractivity contribution >= 4 is 27.1 Å². The van der Waals surface area contributed by atoms with Gasteiger partial charge in [-0.2, -0.15) is 0 Å². The minimum Gasteiger partial charge on any atom is -0.248 e. The minimum atomic E-state index is 0.955. The fourth-order valence-electron chi connectivity index (χ4n) is 6.20. The van der Waals surface area contributed by atoms with Crippen LogP contribution in [-0.4, -0.2) is 4.98 Å². The Morgan fingerprint density at radius 2 is 0.978 bits per heavy atom. The summed E-state index contributed by atoms with van der Waals surface area (Å²) in [5.74, 6) is 0. The summed E-state index contributed by atoms with van der Waals surface area (Å²) in [6.07, 6.45) is 7.81. The molecule has 1 heteroatoms. The highest BCUT2D eigenvalue weighted by Crippen LogP contribution is 2.44. The Kier molecular flexibility index (Phi) is 7.74. The first-order valence-electron chi connectivity index (χ1n) is 15.3. The van der Waals surface area contributed by atoms with Gasteiger partial charge in [0.05, 0.1) is 11.4 Å². The molecule has 0 saturated heterocycles. The van der Waals surface area contributed by atoms with Gasteiger partial charge in [-0.15, -0.1) is 0 Å². The monoisotopic (exact) mass is 575 g/mol. The summed E-state index contributed by atoms with van der Waals surface area (Å²) in [4.78, 5) is 5.05. The smallest absolute Gasteiger partial charge is 0.0715 e. The highest BCUT2D eigenvalue weighted by molar-refractivity contribution is 6.21. The lowest BCUT2D eigenvalue weighted by Crippen LogP contribution is -1.94. The molecular formula is C44H33N. The molecule has 7 aromatic rings. The minimum absolute atomic E-state index is 0.955. The molecule has 0 aliphatic rings. The van der Waals surface area contributed by atoms with Crippen LogP contribution in [0, 0.1) is 0 Å². The molecule has 0 atom stereocenters. The first-order valence-corrected chi connectivity index (χ1v) is 15.3. The van der Waals surface area contributed by atoms with E-state index < -0.39 is 0 Å². The predicted octanol–water partition coefficient (Wildman–Crippen LogP) is 12.2. The first-order chi connectivity index (χ1) is 22.2. The summed E-state index contributed by atoms with van der Waals surface area (Å²) in [5.41, 5.74) is 11.3. The quantitative estimate of drug-likeness (QED) is 0.136. The third-order valence-electron chi connectivity index (χ3n) is 8.39. The molecule has 0 radical (unpaired) electrons. The average Bonchev–Trinajstić information content (AvgIpc) is 3.11. The van der Waals surface area contributed by atoms with Gasteiger partial charge in [0.1, 0.15) is 0 Å². The van der Waals surface area contributed by atoms with Crippen LogP contribution in [0.25, 0.3) is 71.8 Å². The molecule has 0 bridgehead atoms. The number of benzene rings is 6. The number of nitrogens with zero attached hydrogens (tertiary/aromatic N) is 1. The molecule has 0 N–H and O–H groups in total. The highest BCUT2D eigenvalue weighted by atomic mass is 14.7. The first kappa shape index (κ1) is 28.0. The van der Waals surface area contributed by atoms with Gasteiger partial charge < -0.3 is 0 Å². The standard InChI is InChI=1S/C44H33N/c1-3-4-7-16-31(2)41-29-36(30-42(45-41)33-17-8-5-9-18-33)32-25-27-35(28-26-32)44-40-24-15-13-22-38(40)37-21-12-14-23-39(37)43(44)34-19-10-6-11-20-34/h3-30H,1H2,2H3/b7-4-,31-16+. The van der Waals surface area contributed by atoms with Crippen LogP contribution in [-0.2, 0) is 0 Å². The zero-order chi connectivity index (χ0) is 30.6. The van der Waals surface area contributed by atoms with Crippen LogP contribution in [0.4, 0.5) is 0 Å². The van der Waals surface area contributed by atoms with Crippen LogP contribution in [0.5, 0.6) is 0 Å². The zero-order valence-corrected chi connectivity index (χ0v) is 25.3. The van der Waals surface area contributed by atoms with Gasteiger partial charge in [0, 0.05) is 5.56 Å². The van der Waals surface area contributed by atoms with Crippen molar-refractivity contribution < 1.29 is 0 Å². The van der Waals surface area contributed by atoms with Crippen LogP contribution in [0.15, 0.2) is 176 Å². The molecule has 0 aliphatic carbocycles. The van der Waals surface area contributed by atoms with E-state index in [0.717, 1.165) is 33.7 Å². The van der Waals surface area contributed by atoms with Crippen LogP contribution in [0.3, 0.4) is 0 Å². The Labute approximate surface area is 265 Å². The highest BCUT2D eigenvalue weighted by Gasteiger charge is 2.17. The molecule has 1 heterocycles. The lowest BCUT2D eigenvalue weighted by Gasteiger charge is -2.19. The molecule has 6 aromatic carbocycles. The molecule has 1 aromatic heterocycles. The SMILES string of the molecule is C=C/C=C\C=C(/C)c1cc(-c2ccc(-c3c(-c4ccccc4)c4ccccc4c4ccccc34)cc2)cc(-c2ccccc2)n1. The van der Waals surface area contributed by atoms with Crippen molar-refractivity contribution in [2.75, 3.05) is 0 Å². The third kappa shape index (κ3) is 5.53. The van der Waals surface area contributed by atoms with Crippen molar-refractivity contribution in [3.8, 4) is 44.6 Å². The van der Waals surface area contributed by atoms with E-state index in [1.165, 1.54) is 43.8 Å². The number of hydrogen-bond donors (Lipinski definition) is 0. The molecular weight excluding hydrogens is 542 g/mol. The van der Waals surface area contributed by atoms with Crippen molar-refractivity contribution in [2.24, 2.45) is 0 Å². The normalized spacial score (nSPS) is 11.8. The molecule has 1 nitrogen and oxygen atoms in total. The number of pyridine rings is 1. The van der Waals surface area contributed by atoms with E-state index in [0.29, 0.717) is 0 Å². The Morgan fingerprint density at radius 3 is 1.56 bits per heavy atom. The van der Waals surface area contributed by atoms with Gasteiger partial charge in [-0.05, 0) is 79.6 Å². The summed E-state index contributed by atoms with van der Waals surface area (Å²) in [6, 6.07) is 52.2. The second-order valence-electron chi connectivity index (χ2n) is 11.2. The maximum absolute atomic E-state index is 5.05. The summed E-state index contributed by atoms with van der Waals surface area (Å²) < 4.78 is 0. The van der Waals surface area contributed by atoms with E-state index in [1.807, 2.05) is 18.2 Å². The van der Waals surface area contributed by atoms with Crippen LogP contribution < -0.4 is 0 Å². The van der Waals surface area contributed by atoms with Gasteiger partial charge in [-0.1, -0.05) is 164 Å². The van der Waals surface area contributed by atoms with Gasteiger partial charge in [0.2, 0.25) is 0 Å². The lowest BCUT2D eigenvalue weighted by atomic mass is 9.84. The molecule has 7 rings (SSSR count). The fourth-order valence-corrected chi connectivity index (χ4v) is 6.20. The van der Waals surface area contributed by atoms with E-state index >= 15 is 0 Å². The summed E-state index contributed by atoms with van der Waals surface area (Å²) >= 11 is 0. The van der Waals surface area contributed by atoms with Crippen molar-refractivity contribution in [3.63, 3.8) is 0 Å². The van der Waals surface area contributed by atoms with E-state index in [9.17, 15) is 0 Å². The summed E-state index contributed by atoms with van der Waals surface area (Å²) in [7, 11) is 0. The summed E-state index contributed by atoms with van der Waals surface area (Å²) in [6.45, 7) is 5.89. The summed E-state index contributed by atoms with van der Waals surface area (Å²) in [5, 5.41) is 5.07. The largest absolute Gasteiger partial charge is 0.248 e. The van der Waals surface area contributed by atoms with E-state index in [2.05, 4.69) is 159 Å². The van der Waals surface area contributed by atoms with E-state index in [1.54, 1.807) is 6.08 Å². The van der Waals surface area contributed by atoms with Gasteiger partial charge >= 0.3 is 0 Å². The molecule has 214 valence electrons. The topological polar surface area (TPSA) is 12.9 Å². The van der Waals surface area contributed by atoms with E-state index in [4.69, 9.17) is 4.98 Å². The number of rotatable bonds is 7. The zero-order valence-electron chi connectivity index (χ0n) is 25.3. The molecule has 0 saturated carbocycles. The molecule has 0 fully saturated rings. The van der Waals surface area contributed by atoms with Crippen molar-refractivity contribution in [1.29, 1.82) is 0 Å². The molecule has 0 amide bonds. The Morgan fingerprint density at radius 1 is 0.489 bits per heavy atom. The average molecular weight is 576 g/mol. The molecule has 0 spiro atoms. The Hall–Kier alpha value is -5.79. The van der Waals surface area contributed by atoms with Gasteiger partial charge in [0.25, 0.3) is 0 Å². The van der Waals surface area contributed by atoms with Crippen molar-refractivity contribution in [1.82, 2.24) is 4.98 Å². The van der Waals surface area contributed by atoms with Crippen molar-refractivity contribution in [2.45, 2.75) is 6.92 Å². The number of allylic oxidation sites excluding steroid dienone is 5. The van der Waals surface area contributed by atoms with Crippen LogP contribution >= 0.6 is 0 Å². The number of hydrogen-bond acceptors (Lipinski definition) is 1. The predicted molar refractivity (Wildman–Crippen MR) is 194 cm³/mol. The Balaban J connectivity index is 1.41. The third-order valence-corrected chi connectivity index (χ3v) is 8.39. The number of fused-ring (bicyclic) bond motifs is 3.